The van der Waals surface area contributed by atoms with Crippen LogP contribution in [0.15, 0.2) is 40.9 Å². The molecule has 0 aliphatic heterocycles. The van der Waals surface area contributed by atoms with Gasteiger partial charge in [0.25, 0.3) is 5.91 Å². The third-order valence-electron chi connectivity index (χ3n) is 3.61. The van der Waals surface area contributed by atoms with Gasteiger partial charge in [-0.15, -0.1) is 0 Å². The molecule has 0 aliphatic rings. The van der Waals surface area contributed by atoms with Crippen LogP contribution in [0.4, 0.5) is 0 Å². The summed E-state index contributed by atoms with van der Waals surface area (Å²) < 4.78 is 0.970. The van der Waals surface area contributed by atoms with E-state index in [0.29, 0.717) is 11.3 Å². The fraction of sp³-hybridized carbons (Fsp3) is 0.278. The third kappa shape index (κ3) is 4.20. The molecule has 0 fully saturated rings. The number of hydrogen-bond acceptors (Lipinski definition) is 3. The van der Waals surface area contributed by atoms with E-state index in [1.165, 1.54) is 4.90 Å². The average molecular weight is 390 g/mol. The van der Waals surface area contributed by atoms with Crippen molar-refractivity contribution in [1.82, 2.24) is 15.2 Å². The number of amides is 2. The van der Waals surface area contributed by atoms with Gasteiger partial charge in [-0.2, -0.15) is 0 Å². The maximum Gasteiger partial charge on any atom is 0.253 e. The summed E-state index contributed by atoms with van der Waals surface area (Å²) in [6, 6.07) is 10.8. The van der Waals surface area contributed by atoms with E-state index in [9.17, 15) is 9.59 Å². The standard InChI is InChI=1S/C18H20BrN3O2/c1-11-15(17(23)21-12(2)18(24)22(3)4)8-9-16(20-11)13-6-5-7-14(19)10-13/h5-10,12H,1-4H3,(H,21,23)/t12-/m1/s1. The lowest BCUT2D eigenvalue weighted by Crippen LogP contribution is -2.44. The summed E-state index contributed by atoms with van der Waals surface area (Å²) in [6.45, 7) is 3.45. The van der Waals surface area contributed by atoms with Gasteiger partial charge in [0.1, 0.15) is 6.04 Å². The van der Waals surface area contributed by atoms with Crippen LogP contribution in [0.1, 0.15) is 23.0 Å². The number of carbonyl (C=O) groups excluding carboxylic acids is 2. The Hall–Kier alpha value is -2.21. The predicted molar refractivity (Wildman–Crippen MR) is 97.7 cm³/mol. The van der Waals surface area contributed by atoms with Gasteiger partial charge in [-0.05, 0) is 38.1 Å². The molecular formula is C18H20BrN3O2. The van der Waals surface area contributed by atoms with E-state index in [4.69, 9.17) is 0 Å². The Bertz CT molecular complexity index is 775. The Balaban J connectivity index is 2.20. The Labute approximate surface area is 150 Å². The first-order chi connectivity index (χ1) is 11.3. The van der Waals surface area contributed by atoms with Crippen LogP contribution < -0.4 is 5.32 Å². The molecule has 0 saturated heterocycles. The molecule has 0 aliphatic carbocycles. The summed E-state index contributed by atoms with van der Waals surface area (Å²) in [6.07, 6.45) is 0. The zero-order valence-corrected chi connectivity index (χ0v) is 15.7. The van der Waals surface area contributed by atoms with Crippen LogP contribution in [0.5, 0.6) is 0 Å². The normalized spacial score (nSPS) is 11.7. The van der Waals surface area contributed by atoms with Gasteiger partial charge < -0.3 is 10.2 Å². The highest BCUT2D eigenvalue weighted by molar-refractivity contribution is 9.10. The zero-order chi connectivity index (χ0) is 17.9. The van der Waals surface area contributed by atoms with Crippen molar-refractivity contribution in [2.45, 2.75) is 19.9 Å². The lowest BCUT2D eigenvalue weighted by Gasteiger charge is -2.18. The molecule has 1 atom stereocenters. The highest BCUT2D eigenvalue weighted by Gasteiger charge is 2.19. The summed E-state index contributed by atoms with van der Waals surface area (Å²) >= 11 is 3.44. The number of pyridine rings is 1. The molecule has 1 aromatic heterocycles. The molecule has 0 saturated carbocycles. The number of hydrogen-bond donors (Lipinski definition) is 1. The zero-order valence-electron chi connectivity index (χ0n) is 14.1. The van der Waals surface area contributed by atoms with E-state index in [1.54, 1.807) is 34.0 Å². The highest BCUT2D eigenvalue weighted by Crippen LogP contribution is 2.22. The minimum absolute atomic E-state index is 0.153. The van der Waals surface area contributed by atoms with E-state index in [2.05, 4.69) is 26.2 Å². The molecule has 0 radical (unpaired) electrons. The molecule has 2 aromatic rings. The van der Waals surface area contributed by atoms with Gasteiger partial charge in [-0.3, -0.25) is 14.6 Å². The van der Waals surface area contributed by atoms with E-state index in [1.807, 2.05) is 30.3 Å². The van der Waals surface area contributed by atoms with Gasteiger partial charge in [0.15, 0.2) is 0 Å². The van der Waals surface area contributed by atoms with Crippen LogP contribution in [-0.2, 0) is 4.79 Å². The van der Waals surface area contributed by atoms with Crippen LogP contribution in [0.3, 0.4) is 0 Å². The number of carbonyl (C=O) groups is 2. The molecule has 5 nitrogen and oxygen atoms in total. The second kappa shape index (κ2) is 7.57. The van der Waals surface area contributed by atoms with E-state index in [0.717, 1.165) is 15.7 Å². The Morgan fingerprint density at radius 2 is 1.92 bits per heavy atom. The van der Waals surface area contributed by atoms with E-state index < -0.39 is 6.04 Å². The summed E-state index contributed by atoms with van der Waals surface area (Å²) in [5.41, 5.74) is 2.85. The fourth-order valence-corrected chi connectivity index (χ4v) is 2.73. The topological polar surface area (TPSA) is 62.3 Å². The van der Waals surface area contributed by atoms with Gasteiger partial charge in [-0.1, -0.05) is 28.1 Å². The van der Waals surface area contributed by atoms with Crippen LogP contribution in [0.2, 0.25) is 0 Å². The van der Waals surface area contributed by atoms with Gasteiger partial charge >= 0.3 is 0 Å². The van der Waals surface area contributed by atoms with Crippen molar-refractivity contribution in [3.8, 4) is 11.3 Å². The molecule has 24 heavy (non-hydrogen) atoms. The molecule has 1 aromatic carbocycles. The van der Waals surface area contributed by atoms with Crippen LogP contribution in [-0.4, -0.2) is 41.8 Å². The molecule has 1 heterocycles. The van der Waals surface area contributed by atoms with Gasteiger partial charge in [0.05, 0.1) is 17.0 Å². The molecule has 0 unspecified atom stereocenters. The van der Waals surface area contributed by atoms with Crippen molar-refractivity contribution in [3.63, 3.8) is 0 Å². The lowest BCUT2D eigenvalue weighted by atomic mass is 10.1. The molecule has 0 bridgehead atoms. The van der Waals surface area contributed by atoms with Crippen molar-refractivity contribution < 1.29 is 9.59 Å². The molecule has 1 N–H and O–H groups in total. The average Bonchev–Trinajstić information content (AvgIpc) is 2.53. The summed E-state index contributed by atoms with van der Waals surface area (Å²) in [7, 11) is 3.31. The molecule has 2 rings (SSSR count). The van der Waals surface area contributed by atoms with Crippen LogP contribution in [0.25, 0.3) is 11.3 Å². The van der Waals surface area contributed by atoms with Crippen molar-refractivity contribution in [1.29, 1.82) is 0 Å². The SMILES string of the molecule is Cc1nc(-c2cccc(Br)c2)ccc1C(=O)N[C@H](C)C(=O)N(C)C. The maximum atomic E-state index is 12.4. The smallest absolute Gasteiger partial charge is 0.253 e. The monoisotopic (exact) mass is 389 g/mol. The Kier molecular flexibility index (Phi) is 5.72. The summed E-state index contributed by atoms with van der Waals surface area (Å²) in [4.78, 5) is 30.2. The van der Waals surface area contributed by atoms with E-state index in [-0.39, 0.29) is 11.8 Å². The largest absolute Gasteiger partial charge is 0.347 e. The number of nitrogens with one attached hydrogen (secondary N) is 1. The number of aromatic nitrogens is 1. The van der Waals surface area contributed by atoms with Gasteiger partial charge in [-0.25, -0.2) is 0 Å². The second-order valence-electron chi connectivity index (χ2n) is 5.77. The number of aryl methyl sites for hydroxylation is 1. The highest BCUT2D eigenvalue weighted by atomic mass is 79.9. The third-order valence-corrected chi connectivity index (χ3v) is 4.10. The van der Waals surface area contributed by atoms with Gasteiger partial charge in [0, 0.05) is 24.1 Å². The second-order valence-corrected chi connectivity index (χ2v) is 6.68. The number of nitrogens with zero attached hydrogens (tertiary/aromatic N) is 2. The molecule has 6 heteroatoms. The predicted octanol–water partition coefficient (Wildman–Crippen LogP) is 3.03. The minimum atomic E-state index is -0.586. The first kappa shape index (κ1) is 18.1. The maximum absolute atomic E-state index is 12.4. The van der Waals surface area contributed by atoms with Crippen molar-refractivity contribution in [2.75, 3.05) is 14.1 Å². The van der Waals surface area contributed by atoms with Crippen molar-refractivity contribution in [3.05, 3.63) is 52.1 Å². The van der Waals surface area contributed by atoms with Crippen LogP contribution in [0, 0.1) is 6.92 Å². The first-order valence-electron chi connectivity index (χ1n) is 7.55. The first-order valence-corrected chi connectivity index (χ1v) is 8.34. The van der Waals surface area contributed by atoms with E-state index >= 15 is 0 Å². The Morgan fingerprint density at radius 1 is 1.21 bits per heavy atom. The number of halogens is 1. The number of rotatable bonds is 4. The number of likely N-dealkylation sites (N-methyl/N-ethyl adjacent to an activating group) is 1. The Morgan fingerprint density at radius 3 is 2.50 bits per heavy atom. The fourth-order valence-electron chi connectivity index (χ4n) is 2.33. The molecule has 0 spiro atoms. The lowest BCUT2D eigenvalue weighted by molar-refractivity contribution is -0.130. The van der Waals surface area contributed by atoms with Gasteiger partial charge in [0.2, 0.25) is 5.91 Å². The summed E-state index contributed by atoms with van der Waals surface area (Å²) in [5, 5.41) is 2.71. The molecular weight excluding hydrogens is 370 g/mol. The van der Waals surface area contributed by atoms with Crippen molar-refractivity contribution in [2.24, 2.45) is 0 Å². The summed E-state index contributed by atoms with van der Waals surface area (Å²) in [5.74, 6) is -0.455. The minimum Gasteiger partial charge on any atom is -0.347 e. The van der Waals surface area contributed by atoms with Crippen molar-refractivity contribution >= 4 is 27.7 Å². The number of benzene rings is 1. The van der Waals surface area contributed by atoms with Crippen LogP contribution >= 0.6 is 15.9 Å². The quantitative estimate of drug-likeness (QED) is 0.873. The molecule has 2 amide bonds. The molecule has 126 valence electrons.